The van der Waals surface area contributed by atoms with E-state index in [1.54, 1.807) is 48.5 Å². The highest BCUT2D eigenvalue weighted by molar-refractivity contribution is 5.96. The van der Waals surface area contributed by atoms with Crippen molar-refractivity contribution in [2.45, 2.75) is 13.8 Å². The van der Waals surface area contributed by atoms with E-state index < -0.39 is 0 Å². The van der Waals surface area contributed by atoms with Crippen LogP contribution in [0.4, 0.5) is 17.1 Å². The number of rotatable bonds is 7. The average molecular weight is 354 g/mol. The summed E-state index contributed by atoms with van der Waals surface area (Å²) in [5.74, 6) is -0.525. The molecule has 0 saturated heterocycles. The van der Waals surface area contributed by atoms with Gasteiger partial charge in [0.15, 0.2) is 0 Å². The SMILES string of the molecule is CCNC(=O)c1ccc(NC(=O)CNc2cccc(NC(C)=O)c2)cc1. The molecule has 2 rings (SSSR count). The van der Waals surface area contributed by atoms with Gasteiger partial charge in [0, 0.05) is 36.1 Å². The second-order valence-corrected chi connectivity index (χ2v) is 5.60. The summed E-state index contributed by atoms with van der Waals surface area (Å²) in [7, 11) is 0. The first kappa shape index (κ1) is 19.0. The van der Waals surface area contributed by atoms with Gasteiger partial charge in [0.05, 0.1) is 6.54 Å². The van der Waals surface area contributed by atoms with E-state index in [1.807, 2.05) is 6.92 Å². The van der Waals surface area contributed by atoms with Crippen LogP contribution in [-0.2, 0) is 9.59 Å². The van der Waals surface area contributed by atoms with Crippen LogP contribution in [0.5, 0.6) is 0 Å². The van der Waals surface area contributed by atoms with Crippen LogP contribution >= 0.6 is 0 Å². The standard InChI is InChI=1S/C19H22N4O3/c1-3-20-19(26)14-7-9-15(10-8-14)23-18(25)12-21-16-5-4-6-17(11-16)22-13(2)24/h4-11,21H,3,12H2,1-2H3,(H,20,26)(H,22,24)(H,23,25). The Hall–Kier alpha value is -3.35. The first-order valence-corrected chi connectivity index (χ1v) is 8.27. The van der Waals surface area contributed by atoms with Crippen LogP contribution in [0, 0.1) is 0 Å². The summed E-state index contributed by atoms with van der Waals surface area (Å²) in [5.41, 5.74) is 2.52. The van der Waals surface area contributed by atoms with Gasteiger partial charge in [0.2, 0.25) is 11.8 Å². The van der Waals surface area contributed by atoms with Crippen molar-refractivity contribution in [1.82, 2.24) is 5.32 Å². The third-order valence-corrected chi connectivity index (χ3v) is 3.40. The second-order valence-electron chi connectivity index (χ2n) is 5.60. The van der Waals surface area contributed by atoms with Crippen LogP contribution in [0.1, 0.15) is 24.2 Å². The Bertz CT molecular complexity index is 788. The smallest absolute Gasteiger partial charge is 0.251 e. The van der Waals surface area contributed by atoms with Crippen molar-refractivity contribution in [1.29, 1.82) is 0 Å². The predicted octanol–water partition coefficient (Wildman–Crippen LogP) is 2.45. The molecule has 0 fully saturated rings. The lowest BCUT2D eigenvalue weighted by Gasteiger charge is -2.10. The van der Waals surface area contributed by atoms with Crippen molar-refractivity contribution >= 4 is 34.8 Å². The largest absolute Gasteiger partial charge is 0.376 e. The molecule has 0 aliphatic rings. The predicted molar refractivity (Wildman–Crippen MR) is 102 cm³/mol. The molecular weight excluding hydrogens is 332 g/mol. The fourth-order valence-corrected chi connectivity index (χ4v) is 2.27. The Morgan fingerprint density at radius 2 is 1.58 bits per heavy atom. The van der Waals surface area contributed by atoms with Gasteiger partial charge in [0.25, 0.3) is 5.91 Å². The Kier molecular flexibility index (Phi) is 6.73. The number of hydrogen-bond acceptors (Lipinski definition) is 4. The van der Waals surface area contributed by atoms with Crippen LogP contribution in [-0.4, -0.2) is 30.8 Å². The van der Waals surface area contributed by atoms with E-state index in [9.17, 15) is 14.4 Å². The van der Waals surface area contributed by atoms with Crippen LogP contribution in [0.25, 0.3) is 0 Å². The van der Waals surface area contributed by atoms with E-state index in [4.69, 9.17) is 0 Å². The maximum absolute atomic E-state index is 12.0. The molecule has 4 N–H and O–H groups in total. The highest BCUT2D eigenvalue weighted by atomic mass is 16.2. The number of anilines is 3. The van der Waals surface area contributed by atoms with E-state index in [2.05, 4.69) is 21.3 Å². The number of amides is 3. The molecule has 2 aromatic carbocycles. The van der Waals surface area contributed by atoms with Gasteiger partial charge in [-0.3, -0.25) is 14.4 Å². The minimum Gasteiger partial charge on any atom is -0.376 e. The van der Waals surface area contributed by atoms with Crippen LogP contribution < -0.4 is 21.3 Å². The Balaban J connectivity index is 1.87. The van der Waals surface area contributed by atoms with Crippen LogP contribution in [0.15, 0.2) is 48.5 Å². The van der Waals surface area contributed by atoms with Crippen molar-refractivity contribution in [3.8, 4) is 0 Å². The lowest BCUT2D eigenvalue weighted by Crippen LogP contribution is -2.23. The zero-order chi connectivity index (χ0) is 18.9. The molecule has 7 heteroatoms. The van der Waals surface area contributed by atoms with E-state index >= 15 is 0 Å². The topological polar surface area (TPSA) is 99.3 Å². The van der Waals surface area contributed by atoms with Crippen molar-refractivity contribution < 1.29 is 14.4 Å². The lowest BCUT2D eigenvalue weighted by atomic mass is 10.2. The molecule has 0 bridgehead atoms. The maximum atomic E-state index is 12.0. The summed E-state index contributed by atoms with van der Waals surface area (Å²) in [6, 6.07) is 13.8. The van der Waals surface area contributed by atoms with E-state index in [0.29, 0.717) is 23.5 Å². The molecule has 0 heterocycles. The van der Waals surface area contributed by atoms with Gasteiger partial charge in [0.1, 0.15) is 0 Å². The molecule has 0 radical (unpaired) electrons. The summed E-state index contributed by atoms with van der Waals surface area (Å²) in [5, 5.41) is 11.1. The molecule has 0 unspecified atom stereocenters. The van der Waals surface area contributed by atoms with Crippen molar-refractivity contribution in [3.05, 3.63) is 54.1 Å². The fraction of sp³-hybridized carbons (Fsp3) is 0.211. The summed E-state index contributed by atoms with van der Waals surface area (Å²) < 4.78 is 0. The van der Waals surface area contributed by atoms with Gasteiger partial charge in [-0.2, -0.15) is 0 Å². The quantitative estimate of drug-likeness (QED) is 0.614. The summed E-state index contributed by atoms with van der Waals surface area (Å²) in [6.07, 6.45) is 0. The average Bonchev–Trinajstić information content (AvgIpc) is 2.60. The molecular formula is C19H22N4O3. The van der Waals surface area contributed by atoms with Gasteiger partial charge in [-0.15, -0.1) is 0 Å². The lowest BCUT2D eigenvalue weighted by molar-refractivity contribution is -0.115. The molecule has 0 aliphatic heterocycles. The number of carbonyl (C=O) groups is 3. The van der Waals surface area contributed by atoms with E-state index in [-0.39, 0.29) is 24.3 Å². The fourth-order valence-electron chi connectivity index (χ4n) is 2.27. The molecule has 3 amide bonds. The monoisotopic (exact) mass is 354 g/mol. The van der Waals surface area contributed by atoms with Crippen LogP contribution in [0.3, 0.4) is 0 Å². The number of hydrogen-bond donors (Lipinski definition) is 4. The molecule has 26 heavy (non-hydrogen) atoms. The van der Waals surface area contributed by atoms with Gasteiger partial charge in [-0.05, 0) is 49.4 Å². The molecule has 136 valence electrons. The second kappa shape index (κ2) is 9.22. The minimum absolute atomic E-state index is 0.0710. The van der Waals surface area contributed by atoms with Gasteiger partial charge in [-0.1, -0.05) is 6.07 Å². The van der Waals surface area contributed by atoms with Gasteiger partial charge < -0.3 is 21.3 Å². The maximum Gasteiger partial charge on any atom is 0.251 e. The normalized spacial score (nSPS) is 9.92. The summed E-state index contributed by atoms with van der Waals surface area (Å²) in [4.78, 5) is 34.8. The Morgan fingerprint density at radius 1 is 0.885 bits per heavy atom. The zero-order valence-electron chi connectivity index (χ0n) is 14.8. The molecule has 0 aromatic heterocycles. The molecule has 0 saturated carbocycles. The van der Waals surface area contributed by atoms with Gasteiger partial charge >= 0.3 is 0 Å². The summed E-state index contributed by atoms with van der Waals surface area (Å²) in [6.45, 7) is 3.92. The molecule has 0 spiro atoms. The molecule has 7 nitrogen and oxygen atoms in total. The van der Waals surface area contributed by atoms with Crippen molar-refractivity contribution in [3.63, 3.8) is 0 Å². The van der Waals surface area contributed by atoms with E-state index in [0.717, 1.165) is 5.69 Å². The highest BCUT2D eigenvalue weighted by Crippen LogP contribution is 2.15. The van der Waals surface area contributed by atoms with E-state index in [1.165, 1.54) is 6.92 Å². The molecule has 0 aliphatic carbocycles. The van der Waals surface area contributed by atoms with Crippen molar-refractivity contribution in [2.24, 2.45) is 0 Å². The third-order valence-electron chi connectivity index (χ3n) is 3.40. The minimum atomic E-state index is -0.222. The number of benzene rings is 2. The molecule has 2 aromatic rings. The number of carbonyl (C=O) groups excluding carboxylic acids is 3. The first-order chi connectivity index (χ1) is 12.5. The highest BCUT2D eigenvalue weighted by Gasteiger charge is 2.06. The Labute approximate surface area is 152 Å². The van der Waals surface area contributed by atoms with Crippen molar-refractivity contribution in [2.75, 3.05) is 29.0 Å². The summed E-state index contributed by atoms with van der Waals surface area (Å²) >= 11 is 0. The first-order valence-electron chi connectivity index (χ1n) is 8.27. The van der Waals surface area contributed by atoms with Gasteiger partial charge in [-0.25, -0.2) is 0 Å². The molecule has 0 atom stereocenters. The third kappa shape index (κ3) is 5.94. The number of nitrogens with one attached hydrogen (secondary N) is 4. The Morgan fingerprint density at radius 3 is 2.23 bits per heavy atom. The van der Waals surface area contributed by atoms with Crippen LogP contribution in [0.2, 0.25) is 0 Å². The zero-order valence-corrected chi connectivity index (χ0v) is 14.8.